The average molecular weight is 395 g/mol. The summed E-state index contributed by atoms with van der Waals surface area (Å²) in [6.07, 6.45) is 3.36. The highest BCUT2D eigenvalue weighted by Gasteiger charge is 2.16. The smallest absolute Gasteiger partial charge is 0.277 e. The lowest BCUT2D eigenvalue weighted by Gasteiger charge is -2.26. The Hall–Kier alpha value is -2.64. The van der Waals surface area contributed by atoms with Crippen molar-refractivity contribution in [1.82, 2.24) is 15.0 Å². The SMILES string of the molecule is Cc1ccc(CN2CCSCC2)cc1NC(=O)c1cc(-c2cccnc2)on1. The number of hydrogen-bond acceptors (Lipinski definition) is 6. The van der Waals surface area contributed by atoms with Crippen LogP contribution in [0, 0.1) is 6.92 Å². The Morgan fingerprint density at radius 1 is 1.25 bits per heavy atom. The van der Waals surface area contributed by atoms with E-state index >= 15 is 0 Å². The molecule has 3 aromatic rings. The summed E-state index contributed by atoms with van der Waals surface area (Å²) in [5, 5.41) is 6.88. The van der Waals surface area contributed by atoms with E-state index in [1.165, 1.54) is 17.1 Å². The van der Waals surface area contributed by atoms with E-state index in [0.717, 1.165) is 36.4 Å². The van der Waals surface area contributed by atoms with Crippen molar-refractivity contribution in [3.63, 3.8) is 0 Å². The van der Waals surface area contributed by atoms with Gasteiger partial charge in [-0.25, -0.2) is 0 Å². The minimum Gasteiger partial charge on any atom is -0.355 e. The van der Waals surface area contributed by atoms with Crippen LogP contribution in [0.2, 0.25) is 0 Å². The number of benzene rings is 1. The number of nitrogens with zero attached hydrogens (tertiary/aromatic N) is 3. The van der Waals surface area contributed by atoms with Crippen LogP contribution in [0.15, 0.2) is 53.3 Å². The fraction of sp³-hybridized carbons (Fsp3) is 0.286. The summed E-state index contributed by atoms with van der Waals surface area (Å²) in [4.78, 5) is 19.2. The van der Waals surface area contributed by atoms with Crippen molar-refractivity contribution in [2.24, 2.45) is 0 Å². The molecule has 0 aliphatic carbocycles. The Morgan fingerprint density at radius 3 is 2.89 bits per heavy atom. The van der Waals surface area contributed by atoms with E-state index in [2.05, 4.69) is 32.5 Å². The first-order valence-corrected chi connectivity index (χ1v) is 10.4. The number of amides is 1. The number of aromatic nitrogens is 2. The molecule has 0 radical (unpaired) electrons. The molecule has 0 unspecified atom stereocenters. The van der Waals surface area contributed by atoms with Gasteiger partial charge < -0.3 is 9.84 Å². The van der Waals surface area contributed by atoms with Gasteiger partial charge >= 0.3 is 0 Å². The highest BCUT2D eigenvalue weighted by atomic mass is 32.2. The summed E-state index contributed by atoms with van der Waals surface area (Å²) < 4.78 is 5.30. The van der Waals surface area contributed by atoms with Crippen LogP contribution in [-0.4, -0.2) is 45.5 Å². The maximum Gasteiger partial charge on any atom is 0.277 e. The Morgan fingerprint density at radius 2 is 2.11 bits per heavy atom. The topological polar surface area (TPSA) is 71.3 Å². The highest BCUT2D eigenvalue weighted by Crippen LogP contribution is 2.22. The van der Waals surface area contributed by atoms with Gasteiger partial charge in [0.1, 0.15) is 0 Å². The molecule has 2 aromatic heterocycles. The Kier molecular flexibility index (Phi) is 5.73. The number of carbonyl (C=O) groups is 1. The third kappa shape index (κ3) is 4.43. The van der Waals surface area contributed by atoms with Gasteiger partial charge in [0, 0.05) is 60.9 Å². The van der Waals surface area contributed by atoms with Crippen molar-refractivity contribution in [2.45, 2.75) is 13.5 Å². The number of pyridine rings is 1. The fourth-order valence-corrected chi connectivity index (χ4v) is 4.11. The molecule has 1 aliphatic heterocycles. The van der Waals surface area contributed by atoms with Crippen LogP contribution < -0.4 is 5.32 Å². The Labute approximate surface area is 168 Å². The number of aryl methyl sites for hydroxylation is 1. The average Bonchev–Trinajstić information content (AvgIpc) is 3.22. The molecule has 28 heavy (non-hydrogen) atoms. The van der Waals surface area contributed by atoms with Crippen LogP contribution in [0.1, 0.15) is 21.6 Å². The maximum atomic E-state index is 12.6. The molecule has 0 spiro atoms. The lowest BCUT2D eigenvalue weighted by atomic mass is 10.1. The van der Waals surface area contributed by atoms with E-state index in [9.17, 15) is 4.79 Å². The van der Waals surface area contributed by atoms with Crippen molar-refractivity contribution in [1.29, 1.82) is 0 Å². The third-order valence-corrected chi connectivity index (χ3v) is 5.69. The Bertz CT molecular complexity index is 952. The number of hydrogen-bond donors (Lipinski definition) is 1. The summed E-state index contributed by atoms with van der Waals surface area (Å²) in [7, 11) is 0. The molecule has 0 bridgehead atoms. The van der Waals surface area contributed by atoms with Crippen LogP contribution in [0.3, 0.4) is 0 Å². The van der Waals surface area contributed by atoms with E-state index < -0.39 is 0 Å². The number of anilines is 1. The zero-order chi connectivity index (χ0) is 19.3. The van der Waals surface area contributed by atoms with Gasteiger partial charge in [0.2, 0.25) is 0 Å². The third-order valence-electron chi connectivity index (χ3n) is 4.75. The zero-order valence-electron chi connectivity index (χ0n) is 15.7. The molecular formula is C21H22N4O2S. The van der Waals surface area contributed by atoms with E-state index in [1.54, 1.807) is 18.5 Å². The summed E-state index contributed by atoms with van der Waals surface area (Å²) in [5.74, 6) is 2.60. The van der Waals surface area contributed by atoms with E-state index in [-0.39, 0.29) is 11.6 Å². The number of nitrogens with one attached hydrogen (secondary N) is 1. The molecule has 6 nitrogen and oxygen atoms in total. The van der Waals surface area contributed by atoms with Crippen LogP contribution in [-0.2, 0) is 6.54 Å². The normalized spacial score (nSPS) is 14.8. The largest absolute Gasteiger partial charge is 0.355 e. The van der Waals surface area contributed by atoms with Crippen LogP contribution in [0.25, 0.3) is 11.3 Å². The minimum absolute atomic E-state index is 0.247. The molecule has 144 valence electrons. The molecule has 1 amide bonds. The molecule has 1 N–H and O–H groups in total. The van der Waals surface area contributed by atoms with Crippen molar-refractivity contribution >= 4 is 23.4 Å². The van der Waals surface area contributed by atoms with Gasteiger partial charge in [-0.15, -0.1) is 0 Å². The second kappa shape index (κ2) is 8.58. The highest BCUT2D eigenvalue weighted by molar-refractivity contribution is 7.99. The predicted molar refractivity (Wildman–Crippen MR) is 111 cm³/mol. The summed E-state index contributed by atoms with van der Waals surface area (Å²) in [6.45, 7) is 5.10. The van der Waals surface area contributed by atoms with Crippen LogP contribution >= 0.6 is 11.8 Å². The second-order valence-corrected chi connectivity index (χ2v) is 8.03. The van der Waals surface area contributed by atoms with Gasteiger partial charge in [-0.1, -0.05) is 17.3 Å². The molecule has 1 aromatic carbocycles. The van der Waals surface area contributed by atoms with E-state index in [4.69, 9.17) is 4.52 Å². The fourth-order valence-electron chi connectivity index (χ4n) is 3.13. The molecule has 4 rings (SSSR count). The quantitative estimate of drug-likeness (QED) is 0.709. The van der Waals surface area contributed by atoms with Crippen molar-refractivity contribution in [3.8, 4) is 11.3 Å². The van der Waals surface area contributed by atoms with E-state index in [1.807, 2.05) is 36.9 Å². The maximum absolute atomic E-state index is 12.6. The van der Waals surface area contributed by atoms with Crippen molar-refractivity contribution < 1.29 is 9.32 Å². The number of thioether (sulfide) groups is 1. The molecule has 1 saturated heterocycles. The van der Waals surface area contributed by atoms with Gasteiger partial charge in [0.15, 0.2) is 11.5 Å². The first-order valence-electron chi connectivity index (χ1n) is 9.27. The monoisotopic (exact) mass is 394 g/mol. The molecule has 3 heterocycles. The second-order valence-electron chi connectivity index (χ2n) is 6.81. The first-order chi connectivity index (χ1) is 13.7. The molecule has 0 atom stereocenters. The summed E-state index contributed by atoms with van der Waals surface area (Å²) in [6, 6.07) is 11.5. The van der Waals surface area contributed by atoms with Crippen molar-refractivity contribution in [3.05, 3.63) is 65.6 Å². The minimum atomic E-state index is -0.284. The summed E-state index contributed by atoms with van der Waals surface area (Å²) in [5.41, 5.74) is 4.05. The molecule has 1 fully saturated rings. The Balaban J connectivity index is 1.46. The van der Waals surface area contributed by atoms with Gasteiger partial charge in [-0.05, 0) is 36.2 Å². The number of carbonyl (C=O) groups excluding carboxylic acids is 1. The molecule has 1 aliphatic rings. The van der Waals surface area contributed by atoms with Crippen LogP contribution in [0.4, 0.5) is 5.69 Å². The molecule has 0 saturated carbocycles. The van der Waals surface area contributed by atoms with Gasteiger partial charge in [0.05, 0.1) is 0 Å². The lowest BCUT2D eigenvalue weighted by Crippen LogP contribution is -2.32. The zero-order valence-corrected chi connectivity index (χ0v) is 16.5. The number of rotatable bonds is 5. The predicted octanol–water partition coefficient (Wildman–Crippen LogP) is 3.85. The van der Waals surface area contributed by atoms with Gasteiger partial charge in [0.25, 0.3) is 5.91 Å². The van der Waals surface area contributed by atoms with Gasteiger partial charge in [-0.3, -0.25) is 14.7 Å². The first kappa shape index (κ1) is 18.7. The summed E-state index contributed by atoms with van der Waals surface area (Å²) >= 11 is 2.00. The lowest BCUT2D eigenvalue weighted by molar-refractivity contribution is 0.101. The van der Waals surface area contributed by atoms with E-state index in [0.29, 0.717) is 5.76 Å². The van der Waals surface area contributed by atoms with Crippen LogP contribution in [0.5, 0.6) is 0 Å². The molecular weight excluding hydrogens is 372 g/mol. The standard InChI is InChI=1S/C21H22N4O2S/c1-15-4-5-16(14-25-7-9-28-10-8-25)11-18(15)23-21(26)19-12-20(27-24-19)17-3-2-6-22-13-17/h2-6,11-13H,7-10,14H2,1H3,(H,23,26). The van der Waals surface area contributed by atoms with Crippen molar-refractivity contribution in [2.75, 3.05) is 29.9 Å². The molecule has 7 heteroatoms. The van der Waals surface area contributed by atoms with Gasteiger partial charge in [-0.2, -0.15) is 11.8 Å².